The Hall–Kier alpha value is -4.69. The van der Waals surface area contributed by atoms with Gasteiger partial charge in [-0.25, -0.2) is 4.79 Å². The van der Waals surface area contributed by atoms with Gasteiger partial charge in [-0.3, -0.25) is 14.6 Å². The summed E-state index contributed by atoms with van der Waals surface area (Å²) in [6.07, 6.45) is 5.16. The molecule has 8 rings (SSSR count). The summed E-state index contributed by atoms with van der Waals surface area (Å²) in [6.45, 7) is 0.338. The average Bonchev–Trinajstić information content (AvgIpc) is 4.03. The zero-order chi connectivity index (χ0) is 40.8. The third kappa shape index (κ3) is 11.1. The molecule has 1 aromatic heterocycles. The number of pyridine rings is 1. The van der Waals surface area contributed by atoms with Crippen molar-refractivity contribution < 1.29 is 42.0 Å². The number of anilines is 1. The Labute approximate surface area is 346 Å². The topological polar surface area (TPSA) is 117 Å². The van der Waals surface area contributed by atoms with Crippen molar-refractivity contribution in [3.63, 3.8) is 0 Å². The minimum Gasteiger partial charge on any atom is -0.619 e. The molecule has 2 unspecified atom stereocenters. The fourth-order valence-electron chi connectivity index (χ4n) is 7.56. The van der Waals surface area contributed by atoms with Gasteiger partial charge in [0.15, 0.2) is 29.9 Å². The molecule has 4 aromatic rings. The number of esters is 2. The van der Waals surface area contributed by atoms with Gasteiger partial charge in [-0.15, -0.1) is 0 Å². The van der Waals surface area contributed by atoms with Crippen molar-refractivity contribution in [2.45, 2.75) is 63.5 Å². The number of carbonyl (C=O) groups is 2. The number of piperidine rings is 3. The zero-order valence-electron chi connectivity index (χ0n) is 32.0. The number of hydrogen-bond acceptors (Lipinski definition) is 10. The summed E-state index contributed by atoms with van der Waals surface area (Å²) in [4.78, 5) is 31.5. The Kier molecular flexibility index (Phi) is 13.5. The van der Waals surface area contributed by atoms with E-state index in [0.29, 0.717) is 46.5 Å². The molecule has 3 saturated heterocycles. The summed E-state index contributed by atoms with van der Waals surface area (Å²) in [6, 6.07) is 20.7. The number of nitrogens with zero attached hydrogens (tertiary/aromatic N) is 3. The van der Waals surface area contributed by atoms with Crippen molar-refractivity contribution >= 4 is 40.8 Å². The second kappa shape index (κ2) is 18.9. The Bertz CT molecular complexity index is 2030. The van der Waals surface area contributed by atoms with Gasteiger partial charge in [-0.1, -0.05) is 71.7 Å². The Morgan fingerprint density at radius 2 is 1.69 bits per heavy atom. The Morgan fingerprint density at radius 3 is 2.36 bits per heavy atom. The van der Waals surface area contributed by atoms with Crippen LogP contribution in [-0.4, -0.2) is 74.3 Å². The van der Waals surface area contributed by atoms with Gasteiger partial charge in [0.2, 0.25) is 0 Å². The van der Waals surface area contributed by atoms with Crippen LogP contribution in [0.1, 0.15) is 60.1 Å². The molecule has 4 heterocycles. The number of rotatable bonds is 18. The lowest BCUT2D eigenvalue weighted by atomic mass is 9.86. The van der Waals surface area contributed by atoms with Crippen molar-refractivity contribution in [3.05, 3.63) is 123 Å². The number of hydrogen-bond donors (Lipinski definition) is 1. The maximum Gasteiger partial charge on any atom is 0.387 e. The van der Waals surface area contributed by atoms with E-state index in [1.54, 1.807) is 11.9 Å². The molecule has 11 nitrogen and oxygen atoms in total. The standard InChI is InChI=1S/C43H46Cl2F2N4O7/c1-49(21-28-6-5-9-32(18-28)48-41(30-7-3-2-4-8-30)42(53)57-39-24-50-16-14-29(39)15-17-50)25-40(52)56-37(20-33-34(44)22-51(54)23-35(33)45)31-12-13-36(58-43(46)47)38(19-31)55-26-27-10-11-27/h2-9,12-13,18-19,22-23,27,29,37,39,41,43,48H,10-11,14-17,20-21,24-26H2,1H3/t37?,39-,41?/m0/s1. The Morgan fingerprint density at radius 1 is 0.948 bits per heavy atom. The maximum atomic E-state index is 13.7. The molecule has 0 amide bonds. The van der Waals surface area contributed by atoms with Gasteiger partial charge in [-0.2, -0.15) is 13.5 Å². The van der Waals surface area contributed by atoms with Gasteiger partial charge in [0.1, 0.15) is 22.3 Å². The first-order chi connectivity index (χ1) is 28.0. The zero-order valence-corrected chi connectivity index (χ0v) is 33.5. The summed E-state index contributed by atoms with van der Waals surface area (Å²) in [5.41, 5.74) is 3.16. The van der Waals surface area contributed by atoms with E-state index < -0.39 is 24.7 Å². The lowest BCUT2D eigenvalue weighted by Crippen LogP contribution is -2.52. The van der Waals surface area contributed by atoms with Gasteiger partial charge in [0, 0.05) is 30.8 Å². The van der Waals surface area contributed by atoms with Crippen LogP contribution in [0, 0.1) is 17.0 Å². The van der Waals surface area contributed by atoms with Crippen molar-refractivity contribution in [2.24, 2.45) is 11.8 Å². The molecular formula is C43H46Cl2F2N4O7. The van der Waals surface area contributed by atoms with E-state index in [1.807, 2.05) is 54.6 Å². The van der Waals surface area contributed by atoms with Crippen LogP contribution in [0.5, 0.6) is 11.5 Å². The lowest BCUT2D eigenvalue weighted by Gasteiger charge is -2.44. The van der Waals surface area contributed by atoms with Crippen molar-refractivity contribution in [3.8, 4) is 11.5 Å². The number of ether oxygens (including phenoxy) is 4. The molecule has 3 atom stereocenters. The van der Waals surface area contributed by atoms with Crippen molar-refractivity contribution in [1.29, 1.82) is 0 Å². The number of alkyl halides is 2. The molecule has 3 aromatic carbocycles. The first kappa shape index (κ1) is 41.5. The van der Waals surface area contributed by atoms with Crippen LogP contribution in [0.25, 0.3) is 0 Å². The molecule has 1 N–H and O–H groups in total. The lowest BCUT2D eigenvalue weighted by molar-refractivity contribution is -0.605. The van der Waals surface area contributed by atoms with Gasteiger partial charge in [0.25, 0.3) is 0 Å². The fraction of sp³-hybridized carbons (Fsp3) is 0.419. The molecule has 3 aliphatic heterocycles. The highest BCUT2D eigenvalue weighted by Crippen LogP contribution is 2.38. The van der Waals surface area contributed by atoms with Gasteiger partial charge in [0.05, 0.1) is 13.2 Å². The molecule has 4 aliphatic rings. The van der Waals surface area contributed by atoms with E-state index in [1.165, 1.54) is 18.2 Å². The van der Waals surface area contributed by atoms with Gasteiger partial charge >= 0.3 is 18.6 Å². The quantitative estimate of drug-likeness (QED) is 0.0606. The average molecular weight is 840 g/mol. The number of carbonyl (C=O) groups excluding carboxylic acids is 2. The van der Waals surface area contributed by atoms with E-state index in [-0.39, 0.29) is 46.6 Å². The molecule has 0 radical (unpaired) electrons. The number of fused-ring (bicyclic) bond motifs is 3. The highest BCUT2D eigenvalue weighted by Gasteiger charge is 2.38. The molecule has 0 spiro atoms. The van der Waals surface area contributed by atoms with Gasteiger partial charge < -0.3 is 29.5 Å². The highest BCUT2D eigenvalue weighted by molar-refractivity contribution is 6.35. The minimum absolute atomic E-state index is 0.0243. The summed E-state index contributed by atoms with van der Waals surface area (Å²) in [7, 11) is 1.77. The molecule has 58 heavy (non-hydrogen) atoms. The molecule has 1 saturated carbocycles. The number of nitrogens with one attached hydrogen (secondary N) is 1. The third-order valence-electron chi connectivity index (χ3n) is 10.8. The third-order valence-corrected chi connectivity index (χ3v) is 11.4. The van der Waals surface area contributed by atoms with Crippen LogP contribution in [-0.2, 0) is 32.0 Å². The molecule has 308 valence electrons. The molecule has 2 bridgehead atoms. The highest BCUT2D eigenvalue weighted by atomic mass is 35.5. The Balaban J connectivity index is 1.04. The second-order valence-corrected chi connectivity index (χ2v) is 16.1. The minimum atomic E-state index is -3.07. The summed E-state index contributed by atoms with van der Waals surface area (Å²) in [5, 5.41) is 15.5. The second-order valence-electron chi connectivity index (χ2n) is 15.3. The van der Waals surface area contributed by atoms with E-state index in [2.05, 4.69) is 10.2 Å². The van der Waals surface area contributed by atoms with Crippen LogP contribution in [0.2, 0.25) is 10.0 Å². The van der Waals surface area contributed by atoms with Crippen LogP contribution in [0.4, 0.5) is 14.5 Å². The first-order valence-electron chi connectivity index (χ1n) is 19.5. The fourth-order valence-corrected chi connectivity index (χ4v) is 8.16. The van der Waals surface area contributed by atoms with E-state index in [0.717, 1.165) is 68.8 Å². The molecule has 15 heteroatoms. The van der Waals surface area contributed by atoms with Crippen LogP contribution >= 0.6 is 23.2 Å². The normalized spacial score (nSPS) is 19.7. The van der Waals surface area contributed by atoms with E-state index >= 15 is 0 Å². The van der Waals surface area contributed by atoms with E-state index in [4.69, 9.17) is 42.1 Å². The summed E-state index contributed by atoms with van der Waals surface area (Å²) in [5.74, 6) is -0.274. The van der Waals surface area contributed by atoms with Crippen LogP contribution in [0.3, 0.4) is 0 Å². The van der Waals surface area contributed by atoms with Crippen LogP contribution in [0.15, 0.2) is 85.2 Å². The van der Waals surface area contributed by atoms with Crippen molar-refractivity contribution in [1.82, 2.24) is 9.80 Å². The monoisotopic (exact) mass is 838 g/mol. The van der Waals surface area contributed by atoms with Gasteiger partial charge in [-0.05, 0) is 98.6 Å². The maximum absolute atomic E-state index is 13.7. The largest absolute Gasteiger partial charge is 0.619 e. The predicted molar refractivity (Wildman–Crippen MR) is 214 cm³/mol. The van der Waals surface area contributed by atoms with E-state index in [9.17, 15) is 23.6 Å². The SMILES string of the molecule is CN(CC(=O)OC(Cc1c(Cl)c[n+]([O-])cc1Cl)c1ccc(OC(F)F)c(OCC2CC2)c1)Cc1cccc(NC(C(=O)O[C@H]2CN3CCC2CC3)c2ccccc2)c1. The molecular weight excluding hydrogens is 793 g/mol. The number of likely N-dealkylation sites (N-methyl/N-ethyl adjacent to an activating group) is 1. The number of benzene rings is 3. The summed E-state index contributed by atoms with van der Waals surface area (Å²) >= 11 is 12.8. The van der Waals surface area contributed by atoms with Crippen molar-refractivity contribution in [2.75, 3.05) is 45.2 Å². The predicted octanol–water partition coefficient (Wildman–Crippen LogP) is 7.77. The summed E-state index contributed by atoms with van der Waals surface area (Å²) < 4.78 is 49.8. The number of aromatic nitrogens is 1. The smallest absolute Gasteiger partial charge is 0.387 e. The van der Waals surface area contributed by atoms with Crippen LogP contribution < -0.4 is 19.5 Å². The first-order valence-corrected chi connectivity index (χ1v) is 20.2. The molecule has 1 aliphatic carbocycles. The molecule has 4 fully saturated rings. The number of halogens is 4.